The van der Waals surface area contributed by atoms with Gasteiger partial charge in [0, 0.05) is 25.1 Å². The lowest BCUT2D eigenvalue weighted by atomic mass is 10.2. The smallest absolute Gasteiger partial charge is 0.343 e. The van der Waals surface area contributed by atoms with Gasteiger partial charge in [-0.3, -0.25) is 10.1 Å². The first-order valence-electron chi connectivity index (χ1n) is 9.07. The number of esters is 1. The summed E-state index contributed by atoms with van der Waals surface area (Å²) in [5.74, 6) is -0.104. The Morgan fingerprint density at radius 3 is 2.59 bits per heavy atom. The SMILES string of the molecule is O=C(Oc1ccc([N+](=O)[O-])cc1)c1ccc2c(c1)S(=O)(=O)N=C1CCCCCN12. The molecule has 0 N–H and O–H groups in total. The van der Waals surface area contributed by atoms with Crippen LogP contribution >= 0.6 is 0 Å². The molecular weight excluding hydrogens is 398 g/mol. The Kier molecular flexibility index (Phi) is 4.79. The number of nitrogens with zero attached hydrogens (tertiary/aromatic N) is 3. The monoisotopic (exact) mass is 415 g/mol. The zero-order chi connectivity index (χ0) is 20.6. The molecule has 29 heavy (non-hydrogen) atoms. The first-order chi connectivity index (χ1) is 13.8. The van der Waals surface area contributed by atoms with Gasteiger partial charge in [0.05, 0.1) is 16.2 Å². The average Bonchev–Trinajstić information content (AvgIpc) is 2.93. The van der Waals surface area contributed by atoms with E-state index in [-0.39, 0.29) is 21.9 Å². The highest BCUT2D eigenvalue weighted by atomic mass is 32.2. The molecule has 2 aromatic carbocycles. The molecule has 1 fully saturated rings. The predicted molar refractivity (Wildman–Crippen MR) is 105 cm³/mol. The summed E-state index contributed by atoms with van der Waals surface area (Å²) in [7, 11) is -3.91. The first-order valence-corrected chi connectivity index (χ1v) is 10.5. The Labute approximate surface area is 166 Å². The second-order valence-corrected chi connectivity index (χ2v) is 8.34. The number of non-ortho nitro benzene ring substituents is 1. The lowest BCUT2D eigenvalue weighted by molar-refractivity contribution is -0.384. The molecule has 0 aliphatic carbocycles. The Morgan fingerprint density at radius 1 is 1.10 bits per heavy atom. The molecule has 2 aromatic rings. The van der Waals surface area contributed by atoms with Crippen molar-refractivity contribution in [1.29, 1.82) is 0 Å². The van der Waals surface area contributed by atoms with Crippen molar-refractivity contribution in [3.05, 3.63) is 58.1 Å². The van der Waals surface area contributed by atoms with Crippen molar-refractivity contribution in [2.45, 2.75) is 30.6 Å². The molecule has 0 unspecified atom stereocenters. The van der Waals surface area contributed by atoms with Crippen LogP contribution in [0.4, 0.5) is 11.4 Å². The van der Waals surface area contributed by atoms with E-state index in [1.807, 2.05) is 4.90 Å². The van der Waals surface area contributed by atoms with E-state index in [0.29, 0.717) is 24.5 Å². The van der Waals surface area contributed by atoms with Crippen LogP contribution in [0.5, 0.6) is 5.75 Å². The van der Waals surface area contributed by atoms with E-state index in [1.165, 1.54) is 36.4 Å². The van der Waals surface area contributed by atoms with Gasteiger partial charge in [-0.05, 0) is 43.2 Å². The van der Waals surface area contributed by atoms with E-state index in [0.717, 1.165) is 19.3 Å². The highest BCUT2D eigenvalue weighted by Gasteiger charge is 2.32. The summed E-state index contributed by atoms with van der Waals surface area (Å²) in [6.45, 7) is 0.675. The predicted octanol–water partition coefficient (Wildman–Crippen LogP) is 3.30. The summed E-state index contributed by atoms with van der Waals surface area (Å²) in [6.07, 6.45) is 3.43. The van der Waals surface area contributed by atoms with Crippen molar-refractivity contribution in [2.75, 3.05) is 11.4 Å². The molecule has 10 heteroatoms. The van der Waals surface area contributed by atoms with Crippen molar-refractivity contribution in [3.63, 3.8) is 0 Å². The van der Waals surface area contributed by atoms with Crippen LogP contribution in [0, 0.1) is 10.1 Å². The van der Waals surface area contributed by atoms with Gasteiger partial charge in [-0.15, -0.1) is 4.40 Å². The number of sulfonamides is 1. The summed E-state index contributed by atoms with van der Waals surface area (Å²) < 4.78 is 34.5. The van der Waals surface area contributed by atoms with Crippen molar-refractivity contribution in [2.24, 2.45) is 4.40 Å². The van der Waals surface area contributed by atoms with Gasteiger partial charge >= 0.3 is 5.97 Å². The maximum absolute atomic E-state index is 12.6. The van der Waals surface area contributed by atoms with Crippen molar-refractivity contribution < 1.29 is 22.9 Å². The fraction of sp³-hybridized carbons (Fsp3) is 0.263. The zero-order valence-electron chi connectivity index (χ0n) is 15.3. The van der Waals surface area contributed by atoms with Gasteiger partial charge in [-0.1, -0.05) is 6.42 Å². The second kappa shape index (κ2) is 7.28. The molecule has 4 rings (SSSR count). The number of ether oxygens (including phenoxy) is 1. The Balaban J connectivity index is 1.63. The van der Waals surface area contributed by atoms with E-state index in [2.05, 4.69) is 4.40 Å². The lowest BCUT2D eigenvalue weighted by Gasteiger charge is -2.29. The topological polar surface area (TPSA) is 119 Å². The standard InChI is InChI=1S/C19H17N3O6S/c23-19(28-15-8-6-14(7-9-15)22(24)25)13-5-10-16-17(12-13)29(26,27)20-18-4-2-1-3-11-21(16)18/h5-10,12H,1-4,11H2. The number of carbonyl (C=O) groups is 1. The molecule has 2 aliphatic rings. The van der Waals surface area contributed by atoms with Crippen LogP contribution in [0.3, 0.4) is 0 Å². The summed E-state index contributed by atoms with van der Waals surface area (Å²) >= 11 is 0. The molecule has 0 atom stereocenters. The van der Waals surface area contributed by atoms with E-state index in [4.69, 9.17) is 4.74 Å². The maximum atomic E-state index is 12.6. The average molecular weight is 415 g/mol. The number of hydrogen-bond acceptors (Lipinski definition) is 7. The zero-order valence-corrected chi connectivity index (χ0v) is 16.1. The van der Waals surface area contributed by atoms with Gasteiger partial charge < -0.3 is 9.64 Å². The van der Waals surface area contributed by atoms with E-state index in [1.54, 1.807) is 6.07 Å². The third kappa shape index (κ3) is 3.70. The molecular formula is C19H17N3O6S. The van der Waals surface area contributed by atoms with Crippen molar-refractivity contribution in [1.82, 2.24) is 0 Å². The van der Waals surface area contributed by atoms with Crippen LogP contribution in [0.2, 0.25) is 0 Å². The van der Waals surface area contributed by atoms with Gasteiger partial charge in [0.1, 0.15) is 16.5 Å². The molecule has 0 spiro atoms. The van der Waals surface area contributed by atoms with E-state index < -0.39 is 20.9 Å². The minimum Gasteiger partial charge on any atom is -0.423 e. The number of amidine groups is 1. The van der Waals surface area contributed by atoms with Gasteiger partial charge in [0.2, 0.25) is 0 Å². The van der Waals surface area contributed by atoms with E-state index in [9.17, 15) is 23.3 Å². The first kappa shape index (κ1) is 19.1. The third-order valence-corrected chi connectivity index (χ3v) is 6.18. The number of nitro groups is 1. The number of anilines is 1. The Hall–Kier alpha value is -3.27. The fourth-order valence-electron chi connectivity index (χ4n) is 3.41. The highest BCUT2D eigenvalue weighted by molar-refractivity contribution is 7.90. The normalized spacial score (nSPS) is 17.4. The maximum Gasteiger partial charge on any atom is 0.343 e. The number of fused-ring (bicyclic) bond motifs is 3. The van der Waals surface area contributed by atoms with Gasteiger partial charge in [-0.2, -0.15) is 8.42 Å². The molecule has 0 amide bonds. The summed E-state index contributed by atoms with van der Waals surface area (Å²) in [6, 6.07) is 9.42. The number of rotatable bonds is 3. The fourth-order valence-corrected chi connectivity index (χ4v) is 4.69. The van der Waals surface area contributed by atoms with Gasteiger partial charge in [0.25, 0.3) is 15.7 Å². The van der Waals surface area contributed by atoms with Gasteiger partial charge in [0.15, 0.2) is 0 Å². The second-order valence-electron chi connectivity index (χ2n) is 6.77. The van der Waals surface area contributed by atoms with Crippen molar-refractivity contribution >= 4 is 33.2 Å². The quantitative estimate of drug-likeness (QED) is 0.326. The van der Waals surface area contributed by atoms with Crippen LogP contribution < -0.4 is 9.64 Å². The molecule has 0 bridgehead atoms. The molecule has 9 nitrogen and oxygen atoms in total. The van der Waals surface area contributed by atoms with Gasteiger partial charge in [-0.25, -0.2) is 4.79 Å². The summed E-state index contributed by atoms with van der Waals surface area (Å²) in [5.41, 5.74) is 0.443. The summed E-state index contributed by atoms with van der Waals surface area (Å²) in [5, 5.41) is 10.7. The molecule has 0 aromatic heterocycles. The lowest BCUT2D eigenvalue weighted by Crippen LogP contribution is -2.35. The molecule has 1 saturated heterocycles. The Bertz CT molecular complexity index is 1130. The number of benzene rings is 2. The number of carbonyl (C=O) groups excluding carboxylic acids is 1. The highest BCUT2D eigenvalue weighted by Crippen LogP contribution is 2.35. The molecule has 150 valence electrons. The summed E-state index contributed by atoms with van der Waals surface area (Å²) in [4.78, 5) is 24.5. The van der Waals surface area contributed by atoms with Crippen LogP contribution in [0.25, 0.3) is 0 Å². The van der Waals surface area contributed by atoms with Crippen LogP contribution in [0.15, 0.2) is 51.8 Å². The molecule has 0 radical (unpaired) electrons. The Morgan fingerprint density at radius 2 is 1.86 bits per heavy atom. The molecule has 2 heterocycles. The van der Waals surface area contributed by atoms with Crippen LogP contribution in [0.1, 0.15) is 36.0 Å². The number of nitro benzene ring substituents is 1. The third-order valence-electron chi connectivity index (χ3n) is 4.84. The van der Waals surface area contributed by atoms with Crippen LogP contribution in [-0.2, 0) is 10.0 Å². The number of hydrogen-bond donors (Lipinski definition) is 0. The van der Waals surface area contributed by atoms with Crippen molar-refractivity contribution in [3.8, 4) is 5.75 Å². The molecule has 2 aliphatic heterocycles. The minimum atomic E-state index is -3.91. The largest absolute Gasteiger partial charge is 0.423 e. The minimum absolute atomic E-state index is 0.0266. The van der Waals surface area contributed by atoms with Crippen LogP contribution in [-0.4, -0.2) is 31.7 Å². The van der Waals surface area contributed by atoms with E-state index >= 15 is 0 Å². The molecule has 0 saturated carbocycles.